The van der Waals surface area contributed by atoms with Gasteiger partial charge in [-0.1, -0.05) is 0 Å². The molecule has 14 heavy (non-hydrogen) atoms. The summed E-state index contributed by atoms with van der Waals surface area (Å²) in [5, 5.41) is 9.53. The zero-order valence-corrected chi connectivity index (χ0v) is 7.90. The smallest absolute Gasteiger partial charge is 0.341 e. The highest BCUT2D eigenvalue weighted by atomic mass is 16.5. The topological polar surface area (TPSA) is 81.8 Å². The highest BCUT2D eigenvalue weighted by Crippen LogP contribution is 2.32. The number of hydrogen-bond acceptors (Lipinski definition) is 5. The van der Waals surface area contributed by atoms with E-state index >= 15 is 0 Å². The Morgan fingerprint density at radius 2 is 2.07 bits per heavy atom. The zero-order chi connectivity index (χ0) is 10.7. The van der Waals surface area contributed by atoms with E-state index in [1.54, 1.807) is 0 Å². The van der Waals surface area contributed by atoms with Crippen molar-refractivity contribution in [1.82, 2.24) is 0 Å². The van der Waals surface area contributed by atoms with Crippen molar-refractivity contribution in [3.8, 4) is 11.5 Å². The lowest BCUT2D eigenvalue weighted by atomic mass is 10.1. The highest BCUT2D eigenvalue weighted by Gasteiger charge is 2.16. The molecule has 0 radical (unpaired) electrons. The molecule has 76 valence electrons. The molecule has 0 saturated heterocycles. The van der Waals surface area contributed by atoms with E-state index in [0.29, 0.717) is 5.69 Å². The van der Waals surface area contributed by atoms with Crippen LogP contribution in [0, 0.1) is 0 Å². The number of carbonyl (C=O) groups excluding carboxylic acids is 1. The average Bonchev–Trinajstić information content (AvgIpc) is 2.19. The summed E-state index contributed by atoms with van der Waals surface area (Å²) in [6, 6.07) is 2.74. The third kappa shape index (κ3) is 1.71. The van der Waals surface area contributed by atoms with Crippen LogP contribution in [0.15, 0.2) is 12.1 Å². The molecule has 0 saturated carbocycles. The summed E-state index contributed by atoms with van der Waals surface area (Å²) in [6.45, 7) is 0. The Morgan fingerprint density at radius 1 is 1.43 bits per heavy atom. The van der Waals surface area contributed by atoms with E-state index in [4.69, 9.17) is 10.5 Å². The van der Waals surface area contributed by atoms with E-state index < -0.39 is 5.97 Å². The van der Waals surface area contributed by atoms with Crippen molar-refractivity contribution in [3.63, 3.8) is 0 Å². The molecule has 0 aliphatic rings. The number of methoxy groups -OCH3 is 2. The fourth-order valence-corrected chi connectivity index (χ4v) is 1.05. The fourth-order valence-electron chi connectivity index (χ4n) is 1.05. The summed E-state index contributed by atoms with van der Waals surface area (Å²) in [5.74, 6) is -0.785. The number of aromatic hydroxyl groups is 1. The van der Waals surface area contributed by atoms with E-state index in [1.165, 1.54) is 26.4 Å². The Bertz CT molecular complexity index is 362. The molecule has 0 aromatic heterocycles. The van der Waals surface area contributed by atoms with Crippen LogP contribution in [-0.2, 0) is 4.74 Å². The van der Waals surface area contributed by atoms with Crippen LogP contribution in [0.3, 0.4) is 0 Å². The Balaban J connectivity index is 3.29. The monoisotopic (exact) mass is 197 g/mol. The first-order chi connectivity index (χ1) is 6.60. The molecule has 0 unspecified atom stereocenters. The summed E-state index contributed by atoms with van der Waals surface area (Å²) in [5.41, 5.74) is 5.81. The Morgan fingerprint density at radius 3 is 2.57 bits per heavy atom. The van der Waals surface area contributed by atoms with E-state index in [2.05, 4.69) is 4.74 Å². The van der Waals surface area contributed by atoms with Gasteiger partial charge in [-0.3, -0.25) is 0 Å². The molecule has 0 fully saturated rings. The molecule has 0 aliphatic heterocycles. The van der Waals surface area contributed by atoms with Gasteiger partial charge in [0.1, 0.15) is 5.56 Å². The SMILES string of the molecule is COC(=O)c1cc(N)cc(OC)c1O. The van der Waals surface area contributed by atoms with Crippen molar-refractivity contribution in [2.45, 2.75) is 0 Å². The maximum Gasteiger partial charge on any atom is 0.341 e. The van der Waals surface area contributed by atoms with Crippen LogP contribution in [0.5, 0.6) is 11.5 Å². The second kappa shape index (κ2) is 3.87. The van der Waals surface area contributed by atoms with E-state index in [0.717, 1.165) is 0 Å². The van der Waals surface area contributed by atoms with E-state index in [9.17, 15) is 9.90 Å². The largest absolute Gasteiger partial charge is 0.504 e. The molecule has 1 aromatic carbocycles. The number of nitrogen functional groups attached to an aromatic ring is 1. The maximum atomic E-state index is 11.2. The summed E-state index contributed by atoms with van der Waals surface area (Å²) in [7, 11) is 2.59. The Kier molecular flexibility index (Phi) is 2.81. The van der Waals surface area contributed by atoms with Crippen LogP contribution in [0.2, 0.25) is 0 Å². The van der Waals surface area contributed by atoms with Gasteiger partial charge < -0.3 is 20.3 Å². The quantitative estimate of drug-likeness (QED) is 0.415. The minimum atomic E-state index is -0.659. The van der Waals surface area contributed by atoms with Crippen molar-refractivity contribution in [1.29, 1.82) is 0 Å². The van der Waals surface area contributed by atoms with Gasteiger partial charge in [0.05, 0.1) is 14.2 Å². The van der Waals surface area contributed by atoms with E-state index in [-0.39, 0.29) is 17.1 Å². The van der Waals surface area contributed by atoms with E-state index in [1.807, 2.05) is 0 Å². The third-order valence-corrected chi connectivity index (χ3v) is 1.72. The lowest BCUT2D eigenvalue weighted by molar-refractivity contribution is 0.0597. The second-order valence-electron chi connectivity index (χ2n) is 2.61. The summed E-state index contributed by atoms with van der Waals surface area (Å²) < 4.78 is 9.28. The first-order valence-corrected chi connectivity index (χ1v) is 3.85. The van der Waals surface area contributed by atoms with Gasteiger partial charge in [0, 0.05) is 11.8 Å². The molecule has 0 spiro atoms. The highest BCUT2D eigenvalue weighted by molar-refractivity contribution is 5.94. The number of phenols is 1. The van der Waals surface area contributed by atoms with Gasteiger partial charge in [0.25, 0.3) is 0 Å². The van der Waals surface area contributed by atoms with Crippen molar-refractivity contribution < 1.29 is 19.4 Å². The number of rotatable bonds is 2. The molecular formula is C9H11NO4. The van der Waals surface area contributed by atoms with Gasteiger partial charge in [0.2, 0.25) is 0 Å². The predicted octanol–water partition coefficient (Wildman–Crippen LogP) is 0.770. The first kappa shape index (κ1) is 10.2. The lowest BCUT2D eigenvalue weighted by Gasteiger charge is -2.08. The number of hydrogen-bond donors (Lipinski definition) is 2. The minimum absolute atomic E-state index is 0.00986. The van der Waals surface area contributed by atoms with Crippen LogP contribution >= 0.6 is 0 Å². The number of ether oxygens (including phenoxy) is 2. The third-order valence-electron chi connectivity index (χ3n) is 1.72. The number of anilines is 1. The molecule has 1 rings (SSSR count). The number of esters is 1. The fraction of sp³-hybridized carbons (Fsp3) is 0.222. The Labute approximate surface area is 81.0 Å². The predicted molar refractivity (Wildman–Crippen MR) is 50.4 cm³/mol. The molecule has 0 aliphatic carbocycles. The average molecular weight is 197 g/mol. The Hall–Kier alpha value is -1.91. The van der Waals surface area contributed by atoms with Crippen LogP contribution in [0.4, 0.5) is 5.69 Å². The van der Waals surface area contributed by atoms with Crippen molar-refractivity contribution >= 4 is 11.7 Å². The summed E-state index contributed by atoms with van der Waals surface area (Å²) in [4.78, 5) is 11.2. The normalized spacial score (nSPS) is 9.57. The number of nitrogens with two attached hydrogens (primary N) is 1. The van der Waals surface area contributed by atoms with Crippen molar-refractivity contribution in [2.24, 2.45) is 0 Å². The standard InChI is InChI=1S/C9H11NO4/c1-13-7-4-5(10)3-6(8(7)11)9(12)14-2/h3-4,11H,10H2,1-2H3. The molecule has 5 nitrogen and oxygen atoms in total. The number of phenolic OH excluding ortho intramolecular Hbond substituents is 1. The van der Waals surface area contributed by atoms with Gasteiger partial charge >= 0.3 is 5.97 Å². The molecule has 0 bridgehead atoms. The molecule has 0 amide bonds. The maximum absolute atomic E-state index is 11.2. The molecule has 1 aromatic rings. The molecular weight excluding hydrogens is 186 g/mol. The molecule has 0 atom stereocenters. The lowest BCUT2D eigenvalue weighted by Crippen LogP contribution is -2.03. The van der Waals surface area contributed by atoms with Gasteiger partial charge in [-0.05, 0) is 6.07 Å². The van der Waals surface area contributed by atoms with Crippen LogP contribution in [-0.4, -0.2) is 25.3 Å². The van der Waals surface area contributed by atoms with Crippen LogP contribution in [0.1, 0.15) is 10.4 Å². The van der Waals surface area contributed by atoms with Crippen molar-refractivity contribution in [2.75, 3.05) is 20.0 Å². The van der Waals surface area contributed by atoms with Gasteiger partial charge in [-0.15, -0.1) is 0 Å². The number of benzene rings is 1. The summed E-state index contributed by atoms with van der Waals surface area (Å²) in [6.07, 6.45) is 0. The molecule has 3 N–H and O–H groups in total. The summed E-state index contributed by atoms with van der Waals surface area (Å²) >= 11 is 0. The van der Waals surface area contributed by atoms with Gasteiger partial charge in [0.15, 0.2) is 11.5 Å². The first-order valence-electron chi connectivity index (χ1n) is 3.85. The van der Waals surface area contributed by atoms with Crippen molar-refractivity contribution in [3.05, 3.63) is 17.7 Å². The van der Waals surface area contributed by atoms with Crippen LogP contribution in [0.25, 0.3) is 0 Å². The second-order valence-corrected chi connectivity index (χ2v) is 2.61. The van der Waals surface area contributed by atoms with Gasteiger partial charge in [-0.2, -0.15) is 0 Å². The van der Waals surface area contributed by atoms with Crippen LogP contribution < -0.4 is 10.5 Å². The van der Waals surface area contributed by atoms with Gasteiger partial charge in [-0.25, -0.2) is 4.79 Å². The number of carbonyl (C=O) groups is 1. The minimum Gasteiger partial charge on any atom is -0.504 e. The zero-order valence-electron chi connectivity index (χ0n) is 7.90. The molecule has 0 heterocycles. The molecule has 5 heteroatoms.